The molecule has 0 spiro atoms. The molecule has 2 N–H and O–H groups in total. The number of nitrogens with one attached hydrogen (secondary N) is 2. The zero-order valence-electron chi connectivity index (χ0n) is 12.3. The maximum Gasteiger partial charge on any atom is 0.260 e. The maximum absolute atomic E-state index is 13.7. The van der Waals surface area contributed by atoms with Crippen LogP contribution in [0.25, 0.3) is 0 Å². The molecule has 0 aliphatic carbocycles. The number of halogens is 2. The van der Waals surface area contributed by atoms with Crippen LogP contribution >= 0.6 is 11.6 Å². The fraction of sp³-hybridized carbons (Fsp3) is 0.235. The van der Waals surface area contributed by atoms with Crippen molar-refractivity contribution in [3.05, 3.63) is 58.9 Å². The van der Waals surface area contributed by atoms with E-state index in [1.165, 1.54) is 18.2 Å². The Morgan fingerprint density at radius 3 is 2.45 bits per heavy atom. The number of amides is 1. The molecule has 0 heterocycles. The van der Waals surface area contributed by atoms with E-state index in [-0.39, 0.29) is 10.6 Å². The summed E-state index contributed by atoms with van der Waals surface area (Å²) >= 11 is 5.88. The van der Waals surface area contributed by atoms with Gasteiger partial charge in [0.2, 0.25) is 0 Å². The van der Waals surface area contributed by atoms with E-state index in [4.69, 9.17) is 11.6 Å². The van der Waals surface area contributed by atoms with Crippen LogP contribution in [-0.2, 0) is 0 Å². The minimum Gasteiger partial charge on any atom is -0.385 e. The zero-order chi connectivity index (χ0) is 15.9. The summed E-state index contributed by atoms with van der Waals surface area (Å²) in [5.41, 5.74) is 1.43. The Kier molecular flexibility index (Phi) is 5.78. The van der Waals surface area contributed by atoms with E-state index in [9.17, 15) is 9.18 Å². The van der Waals surface area contributed by atoms with Gasteiger partial charge in [-0.1, -0.05) is 31.0 Å². The quantitative estimate of drug-likeness (QED) is 0.740. The molecule has 0 fully saturated rings. The summed E-state index contributed by atoms with van der Waals surface area (Å²) in [5, 5.41) is 6.02. The number of carbonyl (C=O) groups is 1. The van der Waals surface area contributed by atoms with E-state index in [1.807, 2.05) is 12.1 Å². The van der Waals surface area contributed by atoms with Gasteiger partial charge in [-0.15, -0.1) is 0 Å². The lowest BCUT2D eigenvalue weighted by atomic mass is 10.2. The first-order chi connectivity index (χ1) is 10.6. The Morgan fingerprint density at radius 1 is 1.14 bits per heavy atom. The van der Waals surface area contributed by atoms with E-state index in [1.54, 1.807) is 12.1 Å². The van der Waals surface area contributed by atoms with Crippen LogP contribution < -0.4 is 10.6 Å². The van der Waals surface area contributed by atoms with Crippen LogP contribution in [0.2, 0.25) is 5.02 Å². The molecule has 22 heavy (non-hydrogen) atoms. The lowest BCUT2D eigenvalue weighted by molar-refractivity contribution is 0.102. The third kappa shape index (κ3) is 4.21. The first-order valence-corrected chi connectivity index (χ1v) is 7.59. The van der Waals surface area contributed by atoms with Crippen LogP contribution in [-0.4, -0.2) is 12.5 Å². The minimum atomic E-state index is -0.636. The van der Waals surface area contributed by atoms with Gasteiger partial charge < -0.3 is 10.6 Å². The van der Waals surface area contributed by atoms with Gasteiger partial charge in [-0.2, -0.15) is 0 Å². The molecule has 3 nitrogen and oxygen atoms in total. The largest absolute Gasteiger partial charge is 0.385 e. The van der Waals surface area contributed by atoms with E-state index in [0.717, 1.165) is 25.1 Å². The van der Waals surface area contributed by atoms with Crippen LogP contribution in [0.15, 0.2) is 42.5 Å². The molecular weight excluding hydrogens is 303 g/mol. The molecule has 0 bridgehead atoms. The summed E-state index contributed by atoms with van der Waals surface area (Å²) in [4.78, 5) is 12.1. The van der Waals surface area contributed by atoms with Crippen molar-refractivity contribution in [3.63, 3.8) is 0 Å². The number of anilines is 2. The fourth-order valence-corrected chi connectivity index (χ4v) is 2.24. The summed E-state index contributed by atoms with van der Waals surface area (Å²) in [5.74, 6) is -1.20. The van der Waals surface area contributed by atoms with Crippen LogP contribution in [0.4, 0.5) is 15.8 Å². The predicted octanol–water partition coefficient (Wildman–Crippen LogP) is 4.94. The molecule has 2 rings (SSSR count). The standard InChI is InChI=1S/C17H18ClFN2O/c1-2-3-11-20-12-7-9-13(10-8-12)21-17(22)16-14(18)5-4-6-15(16)19/h4-10,20H,2-3,11H2,1H3,(H,21,22). The maximum atomic E-state index is 13.7. The molecule has 0 aliphatic rings. The third-order valence-electron chi connectivity index (χ3n) is 3.19. The molecule has 2 aromatic rings. The SMILES string of the molecule is CCCCNc1ccc(NC(=O)c2c(F)cccc2Cl)cc1. The fourth-order valence-electron chi connectivity index (χ4n) is 1.99. The van der Waals surface area contributed by atoms with Gasteiger partial charge in [0.15, 0.2) is 0 Å². The monoisotopic (exact) mass is 320 g/mol. The summed E-state index contributed by atoms with van der Waals surface area (Å²) < 4.78 is 13.7. The Hall–Kier alpha value is -2.07. The van der Waals surface area contributed by atoms with Gasteiger partial charge in [-0.25, -0.2) is 4.39 Å². The highest BCUT2D eigenvalue weighted by Gasteiger charge is 2.15. The second-order valence-electron chi connectivity index (χ2n) is 4.91. The highest BCUT2D eigenvalue weighted by molar-refractivity contribution is 6.34. The van der Waals surface area contributed by atoms with Crippen molar-refractivity contribution in [2.75, 3.05) is 17.2 Å². The number of hydrogen-bond acceptors (Lipinski definition) is 2. The average Bonchev–Trinajstić information content (AvgIpc) is 2.49. The van der Waals surface area contributed by atoms with Crippen LogP contribution in [0.3, 0.4) is 0 Å². The van der Waals surface area contributed by atoms with Crippen molar-refractivity contribution < 1.29 is 9.18 Å². The Balaban J connectivity index is 2.03. The van der Waals surface area contributed by atoms with Crippen molar-refractivity contribution >= 4 is 28.9 Å². The number of carbonyl (C=O) groups excluding carboxylic acids is 1. The molecular formula is C17H18ClFN2O. The molecule has 0 unspecified atom stereocenters. The molecule has 1 amide bonds. The van der Waals surface area contributed by atoms with Gasteiger partial charge in [-0.05, 0) is 42.8 Å². The molecule has 0 atom stereocenters. The van der Waals surface area contributed by atoms with Crippen molar-refractivity contribution in [1.29, 1.82) is 0 Å². The van der Waals surface area contributed by atoms with Crippen LogP contribution in [0.1, 0.15) is 30.1 Å². The van der Waals surface area contributed by atoms with E-state index < -0.39 is 11.7 Å². The van der Waals surface area contributed by atoms with Crippen LogP contribution in [0, 0.1) is 5.82 Å². The van der Waals surface area contributed by atoms with Gasteiger partial charge in [0.25, 0.3) is 5.91 Å². The second-order valence-corrected chi connectivity index (χ2v) is 5.32. The predicted molar refractivity (Wildman–Crippen MR) is 89.2 cm³/mol. The number of unbranched alkanes of at least 4 members (excludes halogenated alkanes) is 1. The molecule has 0 radical (unpaired) electrons. The molecule has 0 saturated heterocycles. The molecule has 2 aromatic carbocycles. The Bertz CT molecular complexity index is 623. The molecule has 116 valence electrons. The van der Waals surface area contributed by atoms with Crippen LogP contribution in [0.5, 0.6) is 0 Å². The summed E-state index contributed by atoms with van der Waals surface area (Å²) in [7, 11) is 0. The van der Waals surface area contributed by atoms with Crippen molar-refractivity contribution in [2.24, 2.45) is 0 Å². The first-order valence-electron chi connectivity index (χ1n) is 7.21. The number of benzene rings is 2. The minimum absolute atomic E-state index is 0.0929. The van der Waals surface area contributed by atoms with Gasteiger partial charge in [0, 0.05) is 17.9 Å². The highest BCUT2D eigenvalue weighted by atomic mass is 35.5. The molecule has 5 heteroatoms. The van der Waals surface area contributed by atoms with Gasteiger partial charge in [0.05, 0.1) is 10.6 Å². The van der Waals surface area contributed by atoms with E-state index >= 15 is 0 Å². The Morgan fingerprint density at radius 2 is 1.82 bits per heavy atom. The van der Waals surface area contributed by atoms with Gasteiger partial charge in [0.1, 0.15) is 5.82 Å². The third-order valence-corrected chi connectivity index (χ3v) is 3.51. The summed E-state index contributed by atoms with van der Waals surface area (Å²) in [6.45, 7) is 3.04. The smallest absolute Gasteiger partial charge is 0.260 e. The van der Waals surface area contributed by atoms with Crippen molar-refractivity contribution in [1.82, 2.24) is 0 Å². The second kappa shape index (κ2) is 7.80. The van der Waals surface area contributed by atoms with E-state index in [2.05, 4.69) is 17.6 Å². The van der Waals surface area contributed by atoms with Crippen molar-refractivity contribution in [3.8, 4) is 0 Å². The first kappa shape index (κ1) is 16.3. The number of rotatable bonds is 6. The van der Waals surface area contributed by atoms with Gasteiger partial charge >= 0.3 is 0 Å². The topological polar surface area (TPSA) is 41.1 Å². The van der Waals surface area contributed by atoms with E-state index in [0.29, 0.717) is 5.69 Å². The van der Waals surface area contributed by atoms with Gasteiger partial charge in [-0.3, -0.25) is 4.79 Å². The normalized spacial score (nSPS) is 10.3. The lowest BCUT2D eigenvalue weighted by Crippen LogP contribution is -2.14. The Labute approximate surface area is 134 Å². The lowest BCUT2D eigenvalue weighted by Gasteiger charge is -2.09. The average molecular weight is 321 g/mol. The molecule has 0 aromatic heterocycles. The zero-order valence-corrected chi connectivity index (χ0v) is 13.1. The number of hydrogen-bond donors (Lipinski definition) is 2. The van der Waals surface area contributed by atoms with Crippen molar-refractivity contribution in [2.45, 2.75) is 19.8 Å². The summed E-state index contributed by atoms with van der Waals surface area (Å²) in [6, 6.07) is 11.4. The highest BCUT2D eigenvalue weighted by Crippen LogP contribution is 2.21. The molecule has 0 aliphatic heterocycles. The summed E-state index contributed by atoms with van der Waals surface area (Å²) in [6.07, 6.45) is 2.23. The molecule has 0 saturated carbocycles.